The molecular weight excluding hydrogens is 733 g/mol. The van der Waals surface area contributed by atoms with E-state index in [-0.39, 0.29) is 31.1 Å². The van der Waals surface area contributed by atoms with Gasteiger partial charge in [-0.15, -0.1) is 0 Å². The highest BCUT2D eigenvalue weighted by atomic mass is 16.6. The lowest BCUT2D eigenvalue weighted by Crippen LogP contribution is -2.30. The van der Waals surface area contributed by atoms with Crippen molar-refractivity contribution in [2.45, 2.75) is 298 Å². The molecular formula is C53H102O6. The minimum atomic E-state index is -0.762. The van der Waals surface area contributed by atoms with Gasteiger partial charge in [-0.05, 0) is 31.1 Å². The monoisotopic (exact) mass is 835 g/mol. The van der Waals surface area contributed by atoms with E-state index in [9.17, 15) is 14.4 Å². The van der Waals surface area contributed by atoms with Gasteiger partial charge >= 0.3 is 17.9 Å². The highest BCUT2D eigenvalue weighted by Crippen LogP contribution is 2.17. The van der Waals surface area contributed by atoms with Crippen molar-refractivity contribution >= 4 is 17.9 Å². The average molecular weight is 835 g/mol. The molecule has 0 radical (unpaired) electrons. The lowest BCUT2D eigenvalue weighted by molar-refractivity contribution is -0.167. The Morgan fingerprint density at radius 2 is 0.559 bits per heavy atom. The van der Waals surface area contributed by atoms with Crippen LogP contribution in [0.1, 0.15) is 291 Å². The molecule has 6 heteroatoms. The van der Waals surface area contributed by atoms with Crippen molar-refractivity contribution in [2.75, 3.05) is 13.2 Å². The van der Waals surface area contributed by atoms with Gasteiger partial charge in [-0.3, -0.25) is 14.4 Å². The Bertz CT molecular complexity index is 900. The van der Waals surface area contributed by atoms with Crippen LogP contribution >= 0.6 is 0 Å². The molecule has 1 atom stereocenters. The van der Waals surface area contributed by atoms with Crippen LogP contribution in [0.2, 0.25) is 0 Å². The summed E-state index contributed by atoms with van der Waals surface area (Å²) < 4.78 is 16.8. The van der Waals surface area contributed by atoms with Crippen LogP contribution in [0.4, 0.5) is 0 Å². The molecule has 0 aromatic rings. The van der Waals surface area contributed by atoms with Crippen molar-refractivity contribution in [3.8, 4) is 0 Å². The van der Waals surface area contributed by atoms with E-state index in [2.05, 4.69) is 34.6 Å². The molecule has 0 rings (SSSR count). The highest BCUT2D eigenvalue weighted by molar-refractivity contribution is 5.71. The third-order valence-electron chi connectivity index (χ3n) is 12.0. The van der Waals surface area contributed by atoms with Gasteiger partial charge in [0.2, 0.25) is 0 Å². The maximum atomic E-state index is 12.8. The normalized spacial score (nSPS) is 12.1. The SMILES string of the molecule is CCCCCCCCCCCCCCCCCCCCC(=O)O[C@H](COC(=O)CCCCCCCCCCCCC(C)C)COC(=O)CCCCCCCCCC(C)C. The number of esters is 3. The first kappa shape index (κ1) is 57.4. The zero-order valence-electron chi connectivity index (χ0n) is 40.4. The number of carbonyl (C=O) groups is 3. The predicted octanol–water partition coefficient (Wildman–Crippen LogP) is 16.9. The van der Waals surface area contributed by atoms with Crippen LogP contribution in [-0.4, -0.2) is 37.2 Å². The summed E-state index contributed by atoms with van der Waals surface area (Å²) in [5.74, 6) is 0.749. The number of hydrogen-bond acceptors (Lipinski definition) is 6. The van der Waals surface area contributed by atoms with Crippen molar-refractivity contribution in [3.05, 3.63) is 0 Å². The maximum Gasteiger partial charge on any atom is 0.306 e. The first-order chi connectivity index (χ1) is 28.7. The standard InChI is InChI=1S/C53H102O6/c1-6-7-8-9-10-11-12-13-14-15-16-17-18-19-24-29-35-40-45-53(56)59-50(47-58-52(55)44-39-34-30-25-27-32-37-42-49(4)5)46-57-51(54)43-38-33-28-23-21-20-22-26-31-36-41-48(2)3/h48-50H,6-47H2,1-5H3/t50-/m1/s1. The molecule has 0 aliphatic carbocycles. The van der Waals surface area contributed by atoms with Crippen LogP contribution in [0, 0.1) is 11.8 Å². The smallest absolute Gasteiger partial charge is 0.306 e. The largest absolute Gasteiger partial charge is 0.462 e. The van der Waals surface area contributed by atoms with Crippen molar-refractivity contribution in [3.63, 3.8) is 0 Å². The Morgan fingerprint density at radius 1 is 0.322 bits per heavy atom. The Labute approximate surface area is 368 Å². The molecule has 350 valence electrons. The Kier molecular flexibility index (Phi) is 44.7. The second kappa shape index (κ2) is 45.9. The summed E-state index contributed by atoms with van der Waals surface area (Å²) in [4.78, 5) is 37.9. The molecule has 0 spiro atoms. The Balaban J connectivity index is 4.27. The van der Waals surface area contributed by atoms with Gasteiger partial charge in [-0.1, -0.05) is 253 Å². The van der Waals surface area contributed by atoms with Crippen molar-refractivity contribution in [2.24, 2.45) is 11.8 Å². The Hall–Kier alpha value is -1.59. The summed E-state index contributed by atoms with van der Waals surface area (Å²) in [6, 6.07) is 0. The lowest BCUT2D eigenvalue weighted by atomic mass is 10.0. The number of rotatable bonds is 47. The molecule has 0 N–H and O–H groups in total. The number of ether oxygens (including phenoxy) is 3. The molecule has 0 bridgehead atoms. The van der Waals surface area contributed by atoms with E-state index < -0.39 is 6.10 Å². The van der Waals surface area contributed by atoms with E-state index >= 15 is 0 Å². The summed E-state index contributed by atoms with van der Waals surface area (Å²) in [6.45, 7) is 11.3. The summed E-state index contributed by atoms with van der Waals surface area (Å²) in [5, 5.41) is 0. The van der Waals surface area contributed by atoms with E-state index in [1.54, 1.807) is 0 Å². The molecule has 6 nitrogen and oxygen atoms in total. The molecule has 0 heterocycles. The number of hydrogen-bond donors (Lipinski definition) is 0. The van der Waals surface area contributed by atoms with Crippen LogP contribution in [0.15, 0.2) is 0 Å². The first-order valence-electron chi connectivity index (χ1n) is 26.2. The fourth-order valence-corrected chi connectivity index (χ4v) is 7.99. The van der Waals surface area contributed by atoms with Crippen LogP contribution in [-0.2, 0) is 28.6 Å². The second-order valence-corrected chi connectivity index (χ2v) is 19.1. The average Bonchev–Trinajstić information content (AvgIpc) is 3.20. The van der Waals surface area contributed by atoms with E-state index in [0.717, 1.165) is 69.6 Å². The molecule has 0 aliphatic rings. The number of carbonyl (C=O) groups excluding carboxylic acids is 3. The number of unbranched alkanes of at least 4 members (excludes halogenated alkanes) is 32. The van der Waals surface area contributed by atoms with Crippen molar-refractivity contribution in [1.82, 2.24) is 0 Å². The minimum Gasteiger partial charge on any atom is -0.462 e. The third-order valence-corrected chi connectivity index (χ3v) is 12.0. The molecule has 59 heavy (non-hydrogen) atoms. The van der Waals surface area contributed by atoms with E-state index in [0.29, 0.717) is 19.3 Å². The molecule has 0 amide bonds. The maximum absolute atomic E-state index is 12.8. The molecule has 0 saturated carbocycles. The summed E-state index contributed by atoms with van der Waals surface area (Å²) in [5.41, 5.74) is 0. The third kappa shape index (κ3) is 47.3. The molecule has 0 fully saturated rings. The van der Waals surface area contributed by atoms with Gasteiger partial charge in [-0.2, -0.15) is 0 Å². The van der Waals surface area contributed by atoms with Gasteiger partial charge in [0.05, 0.1) is 0 Å². The van der Waals surface area contributed by atoms with E-state index in [1.165, 1.54) is 180 Å². The minimum absolute atomic E-state index is 0.0645. The van der Waals surface area contributed by atoms with Crippen LogP contribution in [0.3, 0.4) is 0 Å². The van der Waals surface area contributed by atoms with E-state index in [1.807, 2.05) is 0 Å². The fourth-order valence-electron chi connectivity index (χ4n) is 7.99. The summed E-state index contributed by atoms with van der Waals surface area (Å²) >= 11 is 0. The molecule has 0 aromatic carbocycles. The molecule has 0 aliphatic heterocycles. The Morgan fingerprint density at radius 3 is 0.831 bits per heavy atom. The van der Waals surface area contributed by atoms with E-state index in [4.69, 9.17) is 14.2 Å². The highest BCUT2D eigenvalue weighted by Gasteiger charge is 2.19. The molecule has 0 unspecified atom stereocenters. The van der Waals surface area contributed by atoms with Gasteiger partial charge < -0.3 is 14.2 Å². The summed E-state index contributed by atoms with van der Waals surface area (Å²) in [6.07, 6.45) is 46.7. The molecule has 0 aromatic heterocycles. The van der Waals surface area contributed by atoms with Crippen LogP contribution in [0.5, 0.6) is 0 Å². The zero-order valence-corrected chi connectivity index (χ0v) is 40.4. The fraction of sp³-hybridized carbons (Fsp3) is 0.943. The quantitative estimate of drug-likeness (QED) is 0.0345. The van der Waals surface area contributed by atoms with Gasteiger partial charge in [0, 0.05) is 19.3 Å². The van der Waals surface area contributed by atoms with Gasteiger partial charge in [0.15, 0.2) is 6.10 Å². The van der Waals surface area contributed by atoms with Gasteiger partial charge in [-0.25, -0.2) is 0 Å². The predicted molar refractivity (Wildman–Crippen MR) is 252 cm³/mol. The lowest BCUT2D eigenvalue weighted by Gasteiger charge is -2.18. The van der Waals surface area contributed by atoms with Crippen molar-refractivity contribution in [1.29, 1.82) is 0 Å². The van der Waals surface area contributed by atoms with Crippen LogP contribution < -0.4 is 0 Å². The van der Waals surface area contributed by atoms with Gasteiger partial charge in [0.1, 0.15) is 13.2 Å². The van der Waals surface area contributed by atoms with Crippen molar-refractivity contribution < 1.29 is 28.6 Å². The topological polar surface area (TPSA) is 78.9 Å². The summed E-state index contributed by atoms with van der Waals surface area (Å²) in [7, 11) is 0. The zero-order chi connectivity index (χ0) is 43.3. The van der Waals surface area contributed by atoms with Gasteiger partial charge in [0.25, 0.3) is 0 Å². The second-order valence-electron chi connectivity index (χ2n) is 19.1. The molecule has 0 saturated heterocycles. The van der Waals surface area contributed by atoms with Crippen LogP contribution in [0.25, 0.3) is 0 Å². The first-order valence-corrected chi connectivity index (χ1v) is 26.2.